The molecule has 4 aromatic rings. The van der Waals surface area contributed by atoms with E-state index in [1.165, 1.54) is 0 Å². The molecular formula is C27H28N2O3. The van der Waals surface area contributed by atoms with E-state index in [1.54, 1.807) is 18.2 Å². The molecule has 164 valence electrons. The van der Waals surface area contributed by atoms with E-state index in [0.29, 0.717) is 16.8 Å². The van der Waals surface area contributed by atoms with Crippen molar-refractivity contribution in [2.75, 3.05) is 0 Å². The van der Waals surface area contributed by atoms with Crippen LogP contribution in [0.3, 0.4) is 0 Å². The van der Waals surface area contributed by atoms with Crippen LogP contribution in [-0.4, -0.2) is 25.6 Å². The van der Waals surface area contributed by atoms with Crippen molar-refractivity contribution in [1.29, 1.82) is 0 Å². The number of aromatic nitrogens is 2. The summed E-state index contributed by atoms with van der Waals surface area (Å²) in [6.07, 6.45) is 2.07. The van der Waals surface area contributed by atoms with Gasteiger partial charge in [0.1, 0.15) is 11.8 Å². The lowest BCUT2D eigenvalue weighted by Crippen LogP contribution is -2.10. The highest BCUT2D eigenvalue weighted by Crippen LogP contribution is 2.31. The minimum atomic E-state index is -1.02. The summed E-state index contributed by atoms with van der Waals surface area (Å²) < 4.78 is 2.01. The minimum Gasteiger partial charge on any atom is -0.478 e. The number of hydrogen-bond acceptors (Lipinski definition) is 3. The maximum atomic E-state index is 12.0. The van der Waals surface area contributed by atoms with Gasteiger partial charge in [-0.1, -0.05) is 61.9 Å². The van der Waals surface area contributed by atoms with Crippen molar-refractivity contribution in [2.45, 2.75) is 46.1 Å². The molecule has 1 atom stereocenters. The van der Waals surface area contributed by atoms with Gasteiger partial charge >= 0.3 is 5.97 Å². The highest BCUT2D eigenvalue weighted by Gasteiger charge is 2.21. The molecule has 0 amide bonds. The van der Waals surface area contributed by atoms with Crippen molar-refractivity contribution >= 4 is 11.6 Å². The van der Waals surface area contributed by atoms with Gasteiger partial charge in [-0.05, 0) is 61.1 Å². The van der Waals surface area contributed by atoms with Gasteiger partial charge in [0.15, 0.2) is 0 Å². The van der Waals surface area contributed by atoms with Gasteiger partial charge in [-0.15, -0.1) is 0 Å². The topological polar surface area (TPSA) is 74.8 Å². The Morgan fingerprint density at radius 1 is 1.06 bits per heavy atom. The molecule has 0 saturated heterocycles. The average Bonchev–Trinajstić information content (AvgIpc) is 3.15. The van der Waals surface area contributed by atoms with Crippen LogP contribution in [0.25, 0.3) is 16.8 Å². The average molecular weight is 429 g/mol. The third-order valence-corrected chi connectivity index (χ3v) is 6.04. The molecule has 2 N–H and O–H groups in total. The van der Waals surface area contributed by atoms with Crippen LogP contribution in [0.4, 0.5) is 0 Å². The van der Waals surface area contributed by atoms with Gasteiger partial charge in [-0.2, -0.15) is 0 Å². The van der Waals surface area contributed by atoms with E-state index >= 15 is 0 Å². The van der Waals surface area contributed by atoms with Gasteiger partial charge in [-0.3, -0.25) is 4.40 Å². The number of hydrogen-bond donors (Lipinski definition) is 2. The number of carboxylic acid groups (broad SMARTS) is 1. The summed E-state index contributed by atoms with van der Waals surface area (Å²) in [6, 6.07) is 18.4. The fourth-order valence-electron chi connectivity index (χ4n) is 4.23. The molecule has 4 rings (SSSR count). The summed E-state index contributed by atoms with van der Waals surface area (Å²) in [5.74, 6) is -1.02. The predicted molar refractivity (Wildman–Crippen MR) is 126 cm³/mol. The quantitative estimate of drug-likeness (QED) is 0.394. The number of carbonyl (C=O) groups is 1. The summed E-state index contributed by atoms with van der Waals surface area (Å²) >= 11 is 0. The van der Waals surface area contributed by atoms with E-state index in [1.807, 2.05) is 60.7 Å². The number of aliphatic hydroxyl groups excluding tert-OH is 1. The maximum absolute atomic E-state index is 12.0. The molecular weight excluding hydrogens is 400 g/mol. The molecule has 2 aromatic carbocycles. The third kappa shape index (κ3) is 3.92. The van der Waals surface area contributed by atoms with Crippen LogP contribution in [-0.2, 0) is 6.42 Å². The summed E-state index contributed by atoms with van der Waals surface area (Å²) in [5, 5.41) is 21.2. The summed E-state index contributed by atoms with van der Waals surface area (Å²) in [6.45, 7) is 6.20. The summed E-state index contributed by atoms with van der Waals surface area (Å²) in [5.41, 5.74) is 6.78. The molecule has 0 fully saturated rings. The van der Waals surface area contributed by atoms with Crippen LogP contribution in [0, 0.1) is 13.8 Å². The van der Waals surface area contributed by atoms with Crippen molar-refractivity contribution in [1.82, 2.24) is 9.38 Å². The molecule has 0 spiro atoms. The van der Waals surface area contributed by atoms with E-state index in [0.717, 1.165) is 47.4 Å². The molecule has 5 heteroatoms. The molecule has 1 unspecified atom stereocenters. The number of nitrogens with zero attached hydrogens (tertiary/aromatic N) is 2. The van der Waals surface area contributed by atoms with Crippen molar-refractivity contribution in [3.63, 3.8) is 0 Å². The number of carboxylic acids is 1. The first-order valence-electron chi connectivity index (χ1n) is 11.0. The normalized spacial score (nSPS) is 12.2. The highest BCUT2D eigenvalue weighted by atomic mass is 16.4. The molecule has 0 saturated carbocycles. The highest BCUT2D eigenvalue weighted by molar-refractivity contribution is 5.96. The minimum absolute atomic E-state index is 0.169. The Kier molecular flexibility index (Phi) is 6.10. The number of aromatic carboxylic acids is 1. The van der Waals surface area contributed by atoms with Crippen LogP contribution in [0.15, 0.2) is 60.7 Å². The fraction of sp³-hybridized carbons (Fsp3) is 0.259. The first kappa shape index (κ1) is 21.8. The van der Waals surface area contributed by atoms with Gasteiger partial charge in [0.05, 0.1) is 17.0 Å². The Hall–Kier alpha value is -3.44. The van der Waals surface area contributed by atoms with E-state index < -0.39 is 12.1 Å². The Morgan fingerprint density at radius 2 is 1.81 bits per heavy atom. The van der Waals surface area contributed by atoms with Crippen molar-refractivity contribution < 1.29 is 15.0 Å². The summed E-state index contributed by atoms with van der Waals surface area (Å²) in [4.78, 5) is 16.9. The first-order valence-corrected chi connectivity index (χ1v) is 11.0. The molecule has 0 aliphatic carbocycles. The second-order valence-corrected chi connectivity index (χ2v) is 8.23. The fourth-order valence-corrected chi connectivity index (χ4v) is 4.23. The van der Waals surface area contributed by atoms with Crippen molar-refractivity contribution in [3.8, 4) is 11.1 Å². The molecule has 2 heterocycles. The largest absolute Gasteiger partial charge is 0.478 e. The number of benzene rings is 2. The van der Waals surface area contributed by atoms with E-state index in [4.69, 9.17) is 4.98 Å². The number of aliphatic hydroxyl groups is 1. The monoisotopic (exact) mass is 428 g/mol. The van der Waals surface area contributed by atoms with Gasteiger partial charge in [0, 0.05) is 5.69 Å². The van der Waals surface area contributed by atoms with Crippen LogP contribution in [0.5, 0.6) is 0 Å². The molecule has 0 bridgehead atoms. The Bertz CT molecular complexity index is 1280. The molecule has 32 heavy (non-hydrogen) atoms. The Labute approximate surface area is 188 Å². The smallest absolute Gasteiger partial charge is 0.336 e. The number of aryl methyl sites for hydroxylation is 3. The maximum Gasteiger partial charge on any atom is 0.336 e. The second kappa shape index (κ2) is 8.97. The van der Waals surface area contributed by atoms with Gasteiger partial charge in [-0.25, -0.2) is 9.78 Å². The summed E-state index contributed by atoms with van der Waals surface area (Å²) in [7, 11) is 0. The zero-order valence-corrected chi connectivity index (χ0v) is 18.7. The zero-order chi connectivity index (χ0) is 22.8. The molecule has 0 radical (unpaired) electrons. The van der Waals surface area contributed by atoms with Crippen LogP contribution in [0.2, 0.25) is 0 Å². The van der Waals surface area contributed by atoms with E-state index in [2.05, 4.69) is 6.92 Å². The standard InChI is InChI=1S/C27H28N2O3/c1-4-5-11-23-18(3)29-24(15-12-17(2)26(29)28-23)25(30)20-13-14-21(22(16-20)27(31)32)19-9-7-6-8-10-19/h6-10,12-16,25,30H,4-5,11H2,1-3H3,(H,31,32). The number of imidazole rings is 1. The van der Waals surface area contributed by atoms with Crippen LogP contribution >= 0.6 is 0 Å². The van der Waals surface area contributed by atoms with Gasteiger partial charge in [0.2, 0.25) is 0 Å². The first-order chi connectivity index (χ1) is 15.4. The number of pyridine rings is 1. The third-order valence-electron chi connectivity index (χ3n) is 6.04. The lowest BCUT2D eigenvalue weighted by molar-refractivity contribution is 0.0697. The van der Waals surface area contributed by atoms with E-state index in [9.17, 15) is 15.0 Å². The number of unbranched alkanes of at least 4 members (excludes halogenated alkanes) is 1. The predicted octanol–water partition coefficient (Wildman–Crippen LogP) is 5.74. The molecule has 5 nitrogen and oxygen atoms in total. The Morgan fingerprint density at radius 3 is 2.50 bits per heavy atom. The van der Waals surface area contributed by atoms with E-state index in [-0.39, 0.29) is 5.56 Å². The molecule has 2 aromatic heterocycles. The van der Waals surface area contributed by atoms with Crippen molar-refractivity contribution in [2.24, 2.45) is 0 Å². The molecule has 0 aliphatic rings. The van der Waals surface area contributed by atoms with Crippen LogP contribution < -0.4 is 0 Å². The lowest BCUT2D eigenvalue weighted by Gasteiger charge is -2.17. The number of fused-ring (bicyclic) bond motifs is 1. The lowest BCUT2D eigenvalue weighted by atomic mass is 9.95. The van der Waals surface area contributed by atoms with Crippen LogP contribution in [0.1, 0.15) is 64.4 Å². The molecule has 0 aliphatic heterocycles. The van der Waals surface area contributed by atoms with Gasteiger partial charge < -0.3 is 10.2 Å². The van der Waals surface area contributed by atoms with Gasteiger partial charge in [0.25, 0.3) is 0 Å². The van der Waals surface area contributed by atoms with Crippen molar-refractivity contribution in [3.05, 3.63) is 94.4 Å². The SMILES string of the molecule is CCCCc1nc2c(C)ccc(C(O)c3ccc(-c4ccccc4)c(C(=O)O)c3)n2c1C. The number of rotatable bonds is 7. The zero-order valence-electron chi connectivity index (χ0n) is 18.7. The second-order valence-electron chi connectivity index (χ2n) is 8.23. The Balaban J connectivity index is 1.82.